The average Bonchev–Trinajstić information content (AvgIpc) is 2.38. The highest BCUT2D eigenvalue weighted by molar-refractivity contribution is 5.26. The minimum Gasteiger partial charge on any atom is -0.497 e. The first kappa shape index (κ1) is 12.4. The second-order valence-corrected chi connectivity index (χ2v) is 4.67. The van der Waals surface area contributed by atoms with Gasteiger partial charge >= 0.3 is 0 Å². The summed E-state index contributed by atoms with van der Waals surface area (Å²) in [7, 11) is 1.68. The number of nitrogens with one attached hydrogen (secondary N) is 1. The highest BCUT2D eigenvalue weighted by atomic mass is 16.5. The van der Waals surface area contributed by atoms with E-state index in [1.54, 1.807) is 7.11 Å². The van der Waals surface area contributed by atoms with Crippen molar-refractivity contribution in [2.45, 2.75) is 26.1 Å². The van der Waals surface area contributed by atoms with Gasteiger partial charge in [0.05, 0.1) is 19.8 Å². The Balaban J connectivity index is 1.84. The molecule has 1 aliphatic heterocycles. The summed E-state index contributed by atoms with van der Waals surface area (Å²) in [6.45, 7) is 5.03. The zero-order chi connectivity index (χ0) is 12.1. The van der Waals surface area contributed by atoms with Crippen molar-refractivity contribution in [3.63, 3.8) is 0 Å². The van der Waals surface area contributed by atoms with E-state index in [-0.39, 0.29) is 0 Å². The molecule has 2 unspecified atom stereocenters. The van der Waals surface area contributed by atoms with Crippen LogP contribution in [-0.4, -0.2) is 26.3 Å². The number of hydrogen-bond acceptors (Lipinski definition) is 3. The number of ether oxygens (including phenoxy) is 2. The van der Waals surface area contributed by atoms with Gasteiger partial charge < -0.3 is 14.8 Å². The van der Waals surface area contributed by atoms with Crippen molar-refractivity contribution in [1.82, 2.24) is 5.32 Å². The van der Waals surface area contributed by atoms with E-state index in [1.165, 1.54) is 12.0 Å². The molecule has 1 aromatic carbocycles. The normalized spacial score (nSPS) is 24.6. The summed E-state index contributed by atoms with van der Waals surface area (Å²) in [5, 5.41) is 3.37. The molecule has 0 spiro atoms. The molecule has 1 fully saturated rings. The van der Waals surface area contributed by atoms with Gasteiger partial charge in [-0.25, -0.2) is 0 Å². The molecule has 0 amide bonds. The van der Waals surface area contributed by atoms with Crippen molar-refractivity contribution >= 4 is 0 Å². The van der Waals surface area contributed by atoms with Crippen LogP contribution in [0.5, 0.6) is 5.75 Å². The molecule has 17 heavy (non-hydrogen) atoms. The van der Waals surface area contributed by atoms with Crippen LogP contribution in [-0.2, 0) is 11.3 Å². The van der Waals surface area contributed by atoms with Crippen LogP contribution >= 0.6 is 0 Å². The molecule has 0 aromatic heterocycles. The van der Waals surface area contributed by atoms with Gasteiger partial charge in [-0.3, -0.25) is 0 Å². The van der Waals surface area contributed by atoms with Gasteiger partial charge in [0, 0.05) is 6.54 Å². The summed E-state index contributed by atoms with van der Waals surface area (Å²) in [6.07, 6.45) is 1.54. The van der Waals surface area contributed by atoms with Gasteiger partial charge in [-0.15, -0.1) is 0 Å². The molecule has 3 heteroatoms. The molecule has 2 rings (SSSR count). The molecule has 1 aromatic rings. The van der Waals surface area contributed by atoms with Crippen LogP contribution in [0.2, 0.25) is 0 Å². The Bertz CT molecular complexity index is 337. The second-order valence-electron chi connectivity index (χ2n) is 4.67. The molecule has 2 atom stereocenters. The average molecular weight is 235 g/mol. The van der Waals surface area contributed by atoms with Crippen LogP contribution in [0.4, 0.5) is 0 Å². The zero-order valence-corrected chi connectivity index (χ0v) is 10.6. The molecule has 0 saturated carbocycles. The third kappa shape index (κ3) is 3.45. The van der Waals surface area contributed by atoms with Gasteiger partial charge in [-0.1, -0.05) is 19.1 Å². The maximum Gasteiger partial charge on any atom is 0.118 e. The Morgan fingerprint density at radius 3 is 2.71 bits per heavy atom. The fourth-order valence-corrected chi connectivity index (χ4v) is 2.11. The van der Waals surface area contributed by atoms with Gasteiger partial charge in [0.2, 0.25) is 0 Å². The SMILES string of the molecule is COc1ccc(COC2CNCCC2C)cc1. The Morgan fingerprint density at radius 2 is 2.06 bits per heavy atom. The van der Waals surface area contributed by atoms with Gasteiger partial charge in [0.15, 0.2) is 0 Å². The number of methoxy groups -OCH3 is 1. The van der Waals surface area contributed by atoms with Crippen molar-refractivity contribution < 1.29 is 9.47 Å². The Kier molecular flexibility index (Phi) is 4.40. The van der Waals surface area contributed by atoms with E-state index in [2.05, 4.69) is 24.4 Å². The van der Waals surface area contributed by atoms with Crippen LogP contribution in [0.15, 0.2) is 24.3 Å². The highest BCUT2D eigenvalue weighted by Crippen LogP contribution is 2.17. The molecule has 94 valence electrons. The Labute approximate surface area is 103 Å². The topological polar surface area (TPSA) is 30.5 Å². The maximum absolute atomic E-state index is 5.95. The fourth-order valence-electron chi connectivity index (χ4n) is 2.11. The lowest BCUT2D eigenvalue weighted by atomic mass is 9.97. The van der Waals surface area contributed by atoms with Gasteiger partial charge in [-0.2, -0.15) is 0 Å². The van der Waals surface area contributed by atoms with Crippen molar-refractivity contribution in [2.24, 2.45) is 5.92 Å². The Morgan fingerprint density at radius 1 is 1.29 bits per heavy atom. The van der Waals surface area contributed by atoms with Crippen molar-refractivity contribution in [2.75, 3.05) is 20.2 Å². The number of rotatable bonds is 4. The molecule has 0 aliphatic carbocycles. The number of piperidine rings is 1. The molecule has 0 bridgehead atoms. The summed E-state index contributed by atoms with van der Waals surface area (Å²) in [5.74, 6) is 1.54. The smallest absolute Gasteiger partial charge is 0.118 e. The fraction of sp³-hybridized carbons (Fsp3) is 0.571. The predicted octanol–water partition coefficient (Wildman–Crippen LogP) is 2.21. The van der Waals surface area contributed by atoms with Crippen LogP contribution < -0.4 is 10.1 Å². The van der Waals surface area contributed by atoms with Gasteiger partial charge in [-0.05, 0) is 36.6 Å². The minimum atomic E-state index is 0.339. The quantitative estimate of drug-likeness (QED) is 0.868. The summed E-state index contributed by atoms with van der Waals surface area (Å²) in [4.78, 5) is 0. The molecule has 1 saturated heterocycles. The number of hydrogen-bond donors (Lipinski definition) is 1. The van der Waals surface area contributed by atoms with E-state index in [0.29, 0.717) is 18.6 Å². The molecule has 1 aliphatic rings. The summed E-state index contributed by atoms with van der Waals surface area (Å²) < 4.78 is 11.1. The molecular weight excluding hydrogens is 214 g/mol. The molecular formula is C14H21NO2. The van der Waals surface area contributed by atoms with E-state index in [9.17, 15) is 0 Å². The summed E-state index contributed by atoms with van der Waals surface area (Å²) in [5.41, 5.74) is 1.20. The summed E-state index contributed by atoms with van der Waals surface area (Å²) >= 11 is 0. The minimum absolute atomic E-state index is 0.339. The Hall–Kier alpha value is -1.06. The highest BCUT2D eigenvalue weighted by Gasteiger charge is 2.21. The van der Waals surface area contributed by atoms with Crippen molar-refractivity contribution in [3.05, 3.63) is 29.8 Å². The van der Waals surface area contributed by atoms with Crippen LogP contribution in [0.3, 0.4) is 0 Å². The van der Waals surface area contributed by atoms with Crippen molar-refractivity contribution in [1.29, 1.82) is 0 Å². The largest absolute Gasteiger partial charge is 0.497 e. The third-order valence-electron chi connectivity index (χ3n) is 3.38. The van der Waals surface area contributed by atoms with Crippen LogP contribution in [0, 0.1) is 5.92 Å². The lowest BCUT2D eigenvalue weighted by Crippen LogP contribution is -2.40. The molecule has 0 radical (unpaired) electrons. The van der Waals surface area contributed by atoms with Crippen LogP contribution in [0.25, 0.3) is 0 Å². The van der Waals surface area contributed by atoms with E-state index < -0.39 is 0 Å². The van der Waals surface area contributed by atoms with E-state index in [4.69, 9.17) is 9.47 Å². The van der Waals surface area contributed by atoms with E-state index in [0.717, 1.165) is 18.8 Å². The maximum atomic E-state index is 5.95. The summed E-state index contributed by atoms with van der Waals surface area (Å²) in [6, 6.07) is 8.06. The molecule has 1 N–H and O–H groups in total. The van der Waals surface area contributed by atoms with Crippen LogP contribution in [0.1, 0.15) is 18.9 Å². The van der Waals surface area contributed by atoms with Gasteiger partial charge in [0.25, 0.3) is 0 Å². The zero-order valence-electron chi connectivity index (χ0n) is 10.6. The van der Waals surface area contributed by atoms with E-state index in [1.807, 2.05) is 12.1 Å². The first-order valence-electron chi connectivity index (χ1n) is 6.25. The second kappa shape index (κ2) is 6.03. The predicted molar refractivity (Wildman–Crippen MR) is 68.2 cm³/mol. The van der Waals surface area contributed by atoms with E-state index >= 15 is 0 Å². The van der Waals surface area contributed by atoms with Crippen molar-refractivity contribution in [3.8, 4) is 5.75 Å². The lowest BCUT2D eigenvalue weighted by Gasteiger charge is -2.29. The standard InChI is InChI=1S/C14H21NO2/c1-11-7-8-15-9-14(11)17-10-12-3-5-13(16-2)6-4-12/h3-6,11,14-15H,7-10H2,1-2H3. The first-order chi connectivity index (χ1) is 8.29. The van der Waals surface area contributed by atoms with Gasteiger partial charge in [0.1, 0.15) is 5.75 Å². The lowest BCUT2D eigenvalue weighted by molar-refractivity contribution is -0.00658. The number of benzene rings is 1. The monoisotopic (exact) mass is 235 g/mol. The molecule has 1 heterocycles. The first-order valence-corrected chi connectivity index (χ1v) is 6.25. The third-order valence-corrected chi connectivity index (χ3v) is 3.38. The molecule has 3 nitrogen and oxygen atoms in total.